The second-order valence-corrected chi connectivity index (χ2v) is 48.5. The molecule has 4 rings (SSSR count). The van der Waals surface area contributed by atoms with E-state index in [4.69, 9.17) is 49.0 Å². The van der Waals surface area contributed by atoms with Gasteiger partial charge in [-0.2, -0.15) is 4.42 Å². The number of rotatable bonds is 3. The van der Waals surface area contributed by atoms with Crippen LogP contribution in [0, 0.1) is 0 Å². The minimum absolute atomic E-state index is 0.559. The van der Waals surface area contributed by atoms with Crippen molar-refractivity contribution < 1.29 is 4.42 Å². The van der Waals surface area contributed by atoms with Gasteiger partial charge in [0, 0.05) is 5.56 Å². The monoisotopic (exact) mass is 606 g/mol. The average Bonchev–Trinajstić information content (AvgIpc) is 2.74. The van der Waals surface area contributed by atoms with Crippen molar-refractivity contribution in [1.29, 1.82) is 0 Å². The summed E-state index contributed by atoms with van der Waals surface area (Å²) in [6, 6.07) is 29.7. The van der Waals surface area contributed by atoms with Gasteiger partial charge >= 0.3 is 67.7 Å². The predicted molar refractivity (Wildman–Crippen MR) is 130 cm³/mol. The van der Waals surface area contributed by atoms with Crippen LogP contribution in [0.25, 0.3) is 34.3 Å². The molecule has 0 unspecified atom stereocenters. The summed E-state index contributed by atoms with van der Waals surface area (Å²) in [5.41, 5.74) is 2.81. The molecule has 4 aromatic rings. The predicted octanol–water partition coefficient (Wildman–Crippen LogP) is 8.42. The van der Waals surface area contributed by atoms with E-state index in [1.54, 1.807) is 0 Å². The molecule has 0 saturated heterocycles. The minimum atomic E-state index is -4.40. The third kappa shape index (κ3) is 8.21. The molecule has 0 fully saturated rings. The zero-order valence-corrected chi connectivity index (χ0v) is 22.0. The Hall–Kier alpha value is -1.08. The van der Waals surface area contributed by atoms with Crippen molar-refractivity contribution in [3.8, 4) is 34.3 Å². The number of aromatic nitrogens is 2. The van der Waals surface area contributed by atoms with Gasteiger partial charge in [-0.3, -0.25) is 0 Å². The minimum Gasteiger partial charge on any atom is -0.166 e. The molecule has 0 bridgehead atoms. The van der Waals surface area contributed by atoms with Gasteiger partial charge in [0.05, 0.1) is 0 Å². The third-order valence-electron chi connectivity index (χ3n) is 3.68. The summed E-state index contributed by atoms with van der Waals surface area (Å²) < 4.78 is 5.99. The number of hydrogen-bond acceptors (Lipinski definition) is 2. The molecule has 30 heavy (non-hydrogen) atoms. The molecule has 0 aliphatic rings. The summed E-state index contributed by atoms with van der Waals surface area (Å²) >= 11 is -4.40. The Morgan fingerprint density at radius 1 is 0.500 bits per heavy atom. The van der Waals surface area contributed by atoms with E-state index in [2.05, 4.69) is 9.97 Å². The van der Waals surface area contributed by atoms with E-state index in [1.165, 1.54) is 0 Å². The summed E-state index contributed by atoms with van der Waals surface area (Å²) in [5.74, 6) is 1.77. The van der Waals surface area contributed by atoms with Gasteiger partial charge in [-0.05, 0) is 24.3 Å². The molecule has 3 nitrogen and oxygen atoms in total. The molecule has 0 spiro atoms. The molecule has 0 amide bonds. The van der Waals surface area contributed by atoms with Crippen molar-refractivity contribution >= 4 is 56.0 Å². The number of halogens is 5. The maximum Gasteiger partial charge on any atom is 0.464 e. The van der Waals surface area contributed by atoms with Crippen LogP contribution in [0.3, 0.4) is 0 Å². The molecule has 0 aliphatic carbocycles. The molecule has 9 heteroatoms. The Kier molecular flexibility index (Phi) is 7.88. The van der Waals surface area contributed by atoms with Crippen LogP contribution in [-0.4, -0.2) is 21.3 Å². The van der Waals surface area contributed by atoms with Crippen LogP contribution in [0.4, 0.5) is 0 Å². The normalized spacial score (nSPS) is 12.2. The first-order valence-electron chi connectivity index (χ1n) is 8.73. The summed E-state index contributed by atoms with van der Waals surface area (Å²) in [4.78, 5) is 9.24. The van der Waals surface area contributed by atoms with Gasteiger partial charge in [0.15, 0.2) is 5.82 Å². The van der Waals surface area contributed by atoms with Crippen LogP contribution in [-0.2, 0) is 0 Å². The van der Waals surface area contributed by atoms with Crippen molar-refractivity contribution in [3.05, 3.63) is 91.0 Å². The van der Waals surface area contributed by atoms with Crippen LogP contribution in [0.5, 0.6) is 0 Å². The zero-order chi connectivity index (χ0) is 21.6. The van der Waals surface area contributed by atoms with Crippen molar-refractivity contribution in [2.24, 2.45) is 0 Å². The largest absolute Gasteiger partial charge is 0.464 e. The fourth-order valence-corrected chi connectivity index (χ4v) is 2.48. The number of benzene rings is 3. The van der Waals surface area contributed by atoms with E-state index in [9.17, 15) is 0 Å². The average molecular weight is 607 g/mol. The van der Waals surface area contributed by atoms with Gasteiger partial charge in [0.2, 0.25) is 0 Å². The van der Waals surface area contributed by atoms with Crippen LogP contribution in [0.2, 0.25) is 0 Å². The Bertz CT molecular complexity index is 949. The number of hydrogen-bond donors (Lipinski definition) is 0. The third-order valence-corrected chi connectivity index (χ3v) is 3.68. The topological polar surface area (TPSA) is 37.1 Å². The molecular weight excluding hydrogens is 592 g/mol. The first-order chi connectivity index (χ1) is 14.1. The van der Waals surface area contributed by atoms with E-state index >= 15 is 0 Å². The Morgan fingerprint density at radius 3 is 1.13 bits per heavy atom. The fourth-order valence-electron chi connectivity index (χ4n) is 2.48. The van der Waals surface area contributed by atoms with Crippen LogP contribution in [0.15, 0.2) is 95.4 Å². The Labute approximate surface area is 194 Å². The van der Waals surface area contributed by atoms with E-state index in [1.807, 2.05) is 91.0 Å². The van der Waals surface area contributed by atoms with E-state index in [-0.39, 0.29) is 0 Å². The molecule has 0 aliphatic heterocycles. The molecule has 0 atom stereocenters. The first kappa shape index (κ1) is 23.6. The van der Waals surface area contributed by atoms with Gasteiger partial charge in [-0.15, -0.1) is 9.97 Å². The van der Waals surface area contributed by atoms with Gasteiger partial charge < -0.3 is 0 Å². The van der Waals surface area contributed by atoms with Gasteiger partial charge in [0.25, 0.3) is 0 Å². The Morgan fingerprint density at radius 2 is 0.800 bits per heavy atom. The zero-order valence-electron chi connectivity index (χ0n) is 15.4. The quantitative estimate of drug-likeness (QED) is 0.173. The molecule has 0 radical (unpaired) electrons. The second kappa shape index (κ2) is 10.0. The molecule has 0 N–H and O–H groups in total. The van der Waals surface area contributed by atoms with Gasteiger partial charge in [-0.1, -0.05) is 66.7 Å². The fraction of sp³-hybridized carbons (Fsp3) is 0. The summed E-state index contributed by atoms with van der Waals surface area (Å²) in [6.07, 6.45) is 0. The van der Waals surface area contributed by atoms with E-state index in [0.29, 0.717) is 17.6 Å². The smallest absolute Gasteiger partial charge is 0.166 e. The molecule has 154 valence electrons. The van der Waals surface area contributed by atoms with Gasteiger partial charge in [0.1, 0.15) is 11.1 Å². The van der Waals surface area contributed by atoms with Crippen molar-refractivity contribution in [2.75, 3.05) is 0 Å². The summed E-state index contributed by atoms with van der Waals surface area (Å²) in [5, 5.41) is 0. The summed E-state index contributed by atoms with van der Waals surface area (Å²) in [6.45, 7) is 0. The molecule has 1 aromatic heterocycles. The van der Waals surface area contributed by atoms with Crippen molar-refractivity contribution in [2.45, 2.75) is 0 Å². The van der Waals surface area contributed by atoms with Gasteiger partial charge in [-0.25, -0.2) is 0 Å². The molecule has 1 heterocycles. The van der Waals surface area contributed by atoms with Crippen LogP contribution < -0.4 is 0 Å². The SMILES string of the molecule is [Cl][Sn-]([Cl])([Cl])([Cl])[Cl].c1ccc(-c2nc(-c3ccccc3)[o+]c(-c3ccccc3)n2)cc1. The van der Waals surface area contributed by atoms with Crippen molar-refractivity contribution in [1.82, 2.24) is 9.97 Å². The van der Waals surface area contributed by atoms with E-state index in [0.717, 1.165) is 16.7 Å². The first-order valence-corrected chi connectivity index (χ1v) is 26.8. The van der Waals surface area contributed by atoms with Crippen molar-refractivity contribution in [3.63, 3.8) is 0 Å². The Balaban J connectivity index is 0.000000377. The maximum atomic E-state index is 5.99. The molecule has 3 aromatic carbocycles. The standard InChI is InChI=1S/C21H15N2O.5ClH.Sn/c1-4-10-16(11-5-1)19-22-20(17-12-6-2-7-13-17)24-21(23-19)18-14-8-3-9-15-18;;;;;;/h1-15H;5*1H;/q+1;;;;;;+4/p-5. The molecule has 0 saturated carbocycles. The summed E-state index contributed by atoms with van der Waals surface area (Å²) in [7, 11) is 25.3. The van der Waals surface area contributed by atoms with Crippen LogP contribution >= 0.6 is 44.6 Å². The van der Waals surface area contributed by atoms with Crippen LogP contribution in [0.1, 0.15) is 0 Å². The second-order valence-electron chi connectivity index (χ2n) is 6.07. The number of nitrogens with zero attached hydrogens (tertiary/aromatic N) is 2. The maximum absolute atomic E-state index is 5.99. The van der Waals surface area contributed by atoms with E-state index < -0.39 is 11.4 Å². The molecular formula is C21H15Cl5N2OSn.